The van der Waals surface area contributed by atoms with Gasteiger partial charge in [0.2, 0.25) is 0 Å². The van der Waals surface area contributed by atoms with Crippen LogP contribution >= 0.6 is 0 Å². The molecule has 0 aromatic heterocycles. The van der Waals surface area contributed by atoms with Crippen molar-refractivity contribution in [3.63, 3.8) is 0 Å². The fourth-order valence-electron chi connectivity index (χ4n) is 2.55. The van der Waals surface area contributed by atoms with E-state index in [1.54, 1.807) is 7.11 Å². The van der Waals surface area contributed by atoms with Crippen LogP contribution in [0.25, 0.3) is 0 Å². The molecule has 20 heavy (non-hydrogen) atoms. The molecule has 0 spiro atoms. The highest BCUT2D eigenvalue weighted by Crippen LogP contribution is 2.37. The Kier molecular flexibility index (Phi) is 4.17. The largest absolute Gasteiger partial charge is 0.497 e. The van der Waals surface area contributed by atoms with E-state index in [1.165, 1.54) is 0 Å². The lowest BCUT2D eigenvalue weighted by Crippen LogP contribution is -2.34. The number of benzene rings is 1. The second kappa shape index (κ2) is 5.70. The van der Waals surface area contributed by atoms with Gasteiger partial charge >= 0.3 is 0 Å². The predicted octanol–water partition coefficient (Wildman–Crippen LogP) is 3.79. The Hall–Kier alpha value is -1.77. The summed E-state index contributed by atoms with van der Waals surface area (Å²) in [6.07, 6.45) is 3.57. The van der Waals surface area contributed by atoms with Crippen molar-refractivity contribution >= 4 is 11.5 Å². The summed E-state index contributed by atoms with van der Waals surface area (Å²) in [6, 6.07) is 7.96. The topological polar surface area (TPSA) is 29.5 Å². The first kappa shape index (κ1) is 14.6. The van der Waals surface area contributed by atoms with E-state index < -0.39 is 0 Å². The number of hydrogen-bond donors (Lipinski definition) is 0. The zero-order valence-electron chi connectivity index (χ0n) is 12.8. The van der Waals surface area contributed by atoms with Crippen molar-refractivity contribution in [1.82, 2.24) is 0 Å². The standard InChI is InChI=1S/C17H23NO2/c1-5-16(19)15-12-18(11-10-17(15,2)3)13-6-8-14(20-4)9-7-13/h6-9,12H,5,10-11H2,1-4H3. The van der Waals surface area contributed by atoms with Crippen LogP contribution < -0.4 is 9.64 Å². The molecule has 0 saturated carbocycles. The quantitative estimate of drug-likeness (QED) is 0.835. The summed E-state index contributed by atoms with van der Waals surface area (Å²) < 4.78 is 5.18. The van der Waals surface area contributed by atoms with Gasteiger partial charge in [-0.05, 0) is 36.1 Å². The second-order valence-corrected chi connectivity index (χ2v) is 5.84. The van der Waals surface area contributed by atoms with Crippen molar-refractivity contribution in [3.05, 3.63) is 36.0 Å². The Morgan fingerprint density at radius 1 is 1.30 bits per heavy atom. The number of carbonyl (C=O) groups is 1. The van der Waals surface area contributed by atoms with Crippen LogP contribution in [-0.2, 0) is 4.79 Å². The molecule has 1 aromatic rings. The minimum atomic E-state index is -0.0317. The monoisotopic (exact) mass is 273 g/mol. The van der Waals surface area contributed by atoms with Gasteiger partial charge in [0, 0.05) is 30.4 Å². The molecule has 0 N–H and O–H groups in total. The molecule has 3 heteroatoms. The summed E-state index contributed by atoms with van der Waals surface area (Å²) in [5.74, 6) is 1.09. The number of ether oxygens (including phenoxy) is 1. The zero-order valence-corrected chi connectivity index (χ0v) is 12.8. The average Bonchev–Trinajstić information content (AvgIpc) is 2.46. The number of anilines is 1. The van der Waals surface area contributed by atoms with Gasteiger partial charge in [0.05, 0.1) is 7.11 Å². The van der Waals surface area contributed by atoms with Gasteiger partial charge in [0.1, 0.15) is 5.75 Å². The number of rotatable bonds is 4. The van der Waals surface area contributed by atoms with Crippen LogP contribution in [0.15, 0.2) is 36.0 Å². The van der Waals surface area contributed by atoms with E-state index in [0.29, 0.717) is 6.42 Å². The normalized spacial score (nSPS) is 17.6. The summed E-state index contributed by atoms with van der Waals surface area (Å²) in [6.45, 7) is 7.15. The number of allylic oxidation sites excluding steroid dienone is 1. The average molecular weight is 273 g/mol. The number of hydrogen-bond acceptors (Lipinski definition) is 3. The van der Waals surface area contributed by atoms with Crippen molar-refractivity contribution in [2.75, 3.05) is 18.6 Å². The molecule has 108 valence electrons. The van der Waals surface area contributed by atoms with Crippen LogP contribution in [0.1, 0.15) is 33.6 Å². The minimum Gasteiger partial charge on any atom is -0.497 e. The third-order valence-electron chi connectivity index (χ3n) is 4.02. The van der Waals surface area contributed by atoms with Gasteiger partial charge in [-0.3, -0.25) is 4.79 Å². The van der Waals surface area contributed by atoms with E-state index in [1.807, 2.05) is 37.4 Å². The van der Waals surface area contributed by atoms with Crippen LogP contribution in [0.4, 0.5) is 5.69 Å². The van der Waals surface area contributed by atoms with Gasteiger partial charge < -0.3 is 9.64 Å². The molecule has 0 aliphatic carbocycles. The Morgan fingerprint density at radius 2 is 1.95 bits per heavy atom. The zero-order chi connectivity index (χ0) is 14.8. The summed E-state index contributed by atoms with van der Waals surface area (Å²) in [4.78, 5) is 14.3. The molecule has 0 fully saturated rings. The van der Waals surface area contributed by atoms with E-state index in [0.717, 1.165) is 30.0 Å². The van der Waals surface area contributed by atoms with Crippen molar-refractivity contribution in [2.24, 2.45) is 5.41 Å². The molecule has 1 aromatic carbocycles. The van der Waals surface area contributed by atoms with Crippen molar-refractivity contribution < 1.29 is 9.53 Å². The highest BCUT2D eigenvalue weighted by molar-refractivity contribution is 5.97. The Balaban J connectivity index is 2.31. The Bertz CT molecular complexity index is 514. The maximum atomic E-state index is 12.1. The number of carbonyl (C=O) groups excluding carboxylic acids is 1. The molecule has 0 unspecified atom stereocenters. The molecule has 1 aliphatic heterocycles. The molecule has 0 atom stereocenters. The molecule has 0 saturated heterocycles. The van der Waals surface area contributed by atoms with E-state index in [2.05, 4.69) is 18.7 Å². The predicted molar refractivity (Wildman–Crippen MR) is 82.1 cm³/mol. The fraction of sp³-hybridized carbons (Fsp3) is 0.471. The van der Waals surface area contributed by atoms with Crippen LogP contribution in [0.5, 0.6) is 5.75 Å². The van der Waals surface area contributed by atoms with E-state index >= 15 is 0 Å². The Labute approximate surface area is 121 Å². The molecule has 1 heterocycles. The van der Waals surface area contributed by atoms with Crippen LogP contribution in [0.3, 0.4) is 0 Å². The number of nitrogens with zero attached hydrogens (tertiary/aromatic N) is 1. The molecule has 0 radical (unpaired) electrons. The SMILES string of the molecule is CCC(=O)C1=CN(c2ccc(OC)cc2)CCC1(C)C. The summed E-state index contributed by atoms with van der Waals surface area (Å²) in [7, 11) is 1.66. The molecule has 0 bridgehead atoms. The van der Waals surface area contributed by atoms with Crippen molar-refractivity contribution in [2.45, 2.75) is 33.6 Å². The van der Waals surface area contributed by atoms with Crippen molar-refractivity contribution in [3.8, 4) is 5.75 Å². The fourth-order valence-corrected chi connectivity index (χ4v) is 2.55. The maximum absolute atomic E-state index is 12.1. The molecule has 2 rings (SSSR count). The lowest BCUT2D eigenvalue weighted by atomic mass is 9.77. The van der Waals surface area contributed by atoms with Gasteiger partial charge in [0.25, 0.3) is 0 Å². The maximum Gasteiger partial charge on any atom is 0.160 e. The van der Waals surface area contributed by atoms with Crippen molar-refractivity contribution in [1.29, 1.82) is 0 Å². The number of methoxy groups -OCH3 is 1. The molecule has 0 amide bonds. The summed E-state index contributed by atoms with van der Waals surface area (Å²) in [5, 5.41) is 0. The lowest BCUT2D eigenvalue weighted by molar-refractivity contribution is -0.116. The van der Waals surface area contributed by atoms with Gasteiger partial charge in [-0.1, -0.05) is 20.8 Å². The van der Waals surface area contributed by atoms with E-state index in [-0.39, 0.29) is 11.2 Å². The van der Waals surface area contributed by atoms with Gasteiger partial charge in [-0.2, -0.15) is 0 Å². The second-order valence-electron chi connectivity index (χ2n) is 5.84. The molecular formula is C17H23NO2. The summed E-state index contributed by atoms with van der Waals surface area (Å²) in [5.41, 5.74) is 2.00. The molecule has 3 nitrogen and oxygen atoms in total. The first-order valence-corrected chi connectivity index (χ1v) is 7.14. The molecular weight excluding hydrogens is 250 g/mol. The first-order valence-electron chi connectivity index (χ1n) is 7.14. The van der Waals surface area contributed by atoms with E-state index in [9.17, 15) is 4.79 Å². The first-order chi connectivity index (χ1) is 9.47. The molecule has 1 aliphatic rings. The number of ketones is 1. The van der Waals surface area contributed by atoms with Crippen LogP contribution in [0, 0.1) is 5.41 Å². The van der Waals surface area contributed by atoms with Crippen LogP contribution in [0.2, 0.25) is 0 Å². The summed E-state index contributed by atoms with van der Waals surface area (Å²) >= 11 is 0. The van der Waals surface area contributed by atoms with Gasteiger partial charge in [-0.15, -0.1) is 0 Å². The third kappa shape index (κ3) is 2.87. The highest BCUT2D eigenvalue weighted by atomic mass is 16.5. The lowest BCUT2D eigenvalue weighted by Gasteiger charge is -2.37. The number of Topliss-reactive ketones (excluding diaryl/α,β-unsaturated/α-hetero) is 1. The van der Waals surface area contributed by atoms with Crippen LogP contribution in [-0.4, -0.2) is 19.4 Å². The smallest absolute Gasteiger partial charge is 0.160 e. The highest BCUT2D eigenvalue weighted by Gasteiger charge is 2.32. The van der Waals surface area contributed by atoms with E-state index in [4.69, 9.17) is 4.74 Å². The van der Waals surface area contributed by atoms with Gasteiger partial charge in [0.15, 0.2) is 5.78 Å². The Morgan fingerprint density at radius 3 is 2.50 bits per heavy atom. The van der Waals surface area contributed by atoms with Gasteiger partial charge in [-0.25, -0.2) is 0 Å². The minimum absolute atomic E-state index is 0.0317. The third-order valence-corrected chi connectivity index (χ3v) is 4.02.